The average Bonchev–Trinajstić information content (AvgIpc) is 2.32. The first kappa shape index (κ1) is 14.3. The molecule has 0 aliphatic rings. The molecule has 0 fully saturated rings. The fourth-order valence-electron chi connectivity index (χ4n) is 1.31. The Balaban J connectivity index is 2.39. The van der Waals surface area contributed by atoms with Crippen LogP contribution in [-0.2, 0) is 4.74 Å². The van der Waals surface area contributed by atoms with E-state index in [9.17, 15) is 4.79 Å². The van der Waals surface area contributed by atoms with Gasteiger partial charge >= 0.3 is 0 Å². The topological polar surface area (TPSA) is 38.3 Å². The molecule has 0 aromatic heterocycles. The van der Waals surface area contributed by atoms with Gasteiger partial charge in [-0.25, -0.2) is 0 Å². The second-order valence-electron chi connectivity index (χ2n) is 3.58. The van der Waals surface area contributed by atoms with E-state index >= 15 is 0 Å². The zero-order valence-electron chi connectivity index (χ0n) is 9.63. The van der Waals surface area contributed by atoms with Crippen LogP contribution in [0.2, 0.25) is 10.0 Å². The largest absolute Gasteiger partial charge is 0.385 e. The van der Waals surface area contributed by atoms with Gasteiger partial charge in [0.2, 0.25) is 0 Å². The molecule has 0 saturated carbocycles. The summed E-state index contributed by atoms with van der Waals surface area (Å²) in [6.45, 7) is 1.34. The Morgan fingerprint density at radius 1 is 1.29 bits per heavy atom. The third-order valence-electron chi connectivity index (χ3n) is 2.24. The molecule has 1 rings (SSSR count). The van der Waals surface area contributed by atoms with E-state index in [1.165, 1.54) is 0 Å². The highest BCUT2D eigenvalue weighted by atomic mass is 35.5. The number of unbranched alkanes of at least 4 members (excludes halogenated alkanes) is 1. The normalized spacial score (nSPS) is 10.3. The minimum absolute atomic E-state index is 0.138. The number of halogens is 2. The maximum atomic E-state index is 11.7. The van der Waals surface area contributed by atoms with Crippen molar-refractivity contribution in [3.05, 3.63) is 33.8 Å². The van der Waals surface area contributed by atoms with Gasteiger partial charge in [0.15, 0.2) is 0 Å². The van der Waals surface area contributed by atoms with Crippen molar-refractivity contribution in [2.45, 2.75) is 12.8 Å². The molecule has 0 spiro atoms. The van der Waals surface area contributed by atoms with E-state index in [0.29, 0.717) is 28.8 Å². The molecule has 5 heteroatoms. The monoisotopic (exact) mass is 275 g/mol. The molecule has 0 unspecified atom stereocenters. The molecule has 3 nitrogen and oxygen atoms in total. The summed E-state index contributed by atoms with van der Waals surface area (Å²) in [6, 6.07) is 4.83. The van der Waals surface area contributed by atoms with E-state index in [1.807, 2.05) is 0 Å². The first-order valence-electron chi connectivity index (χ1n) is 5.37. The van der Waals surface area contributed by atoms with Gasteiger partial charge in [0.05, 0.1) is 10.0 Å². The van der Waals surface area contributed by atoms with Gasteiger partial charge in [0, 0.05) is 25.8 Å². The number of hydrogen-bond donors (Lipinski definition) is 1. The van der Waals surface area contributed by atoms with Gasteiger partial charge in [-0.2, -0.15) is 0 Å². The summed E-state index contributed by atoms with van der Waals surface area (Å²) in [6.07, 6.45) is 1.82. The zero-order chi connectivity index (χ0) is 12.7. The first-order valence-corrected chi connectivity index (χ1v) is 6.13. The molecule has 0 aliphatic heterocycles. The Labute approximate surface area is 111 Å². The highest BCUT2D eigenvalue weighted by molar-refractivity contribution is 6.42. The molecule has 0 atom stereocenters. The molecule has 1 aromatic rings. The minimum atomic E-state index is -0.138. The molecule has 1 amide bonds. The molecule has 1 N–H and O–H groups in total. The summed E-state index contributed by atoms with van der Waals surface area (Å²) in [4.78, 5) is 11.7. The fourth-order valence-corrected chi connectivity index (χ4v) is 1.61. The third kappa shape index (κ3) is 4.94. The van der Waals surface area contributed by atoms with Crippen LogP contribution in [0.4, 0.5) is 0 Å². The van der Waals surface area contributed by atoms with Crippen LogP contribution in [0.1, 0.15) is 23.2 Å². The Hall–Kier alpha value is -0.770. The van der Waals surface area contributed by atoms with E-state index in [0.717, 1.165) is 12.8 Å². The Kier molecular flexibility index (Phi) is 6.34. The Morgan fingerprint density at radius 2 is 2.06 bits per heavy atom. The summed E-state index contributed by atoms with van der Waals surface area (Å²) < 4.78 is 4.92. The summed E-state index contributed by atoms with van der Waals surface area (Å²) in [5, 5.41) is 3.64. The Morgan fingerprint density at radius 3 is 2.71 bits per heavy atom. The summed E-state index contributed by atoms with van der Waals surface area (Å²) >= 11 is 11.6. The van der Waals surface area contributed by atoms with Crippen LogP contribution in [0, 0.1) is 0 Å². The number of carbonyl (C=O) groups is 1. The smallest absolute Gasteiger partial charge is 0.251 e. The van der Waals surface area contributed by atoms with Crippen LogP contribution in [0.25, 0.3) is 0 Å². The van der Waals surface area contributed by atoms with Crippen molar-refractivity contribution in [3.63, 3.8) is 0 Å². The van der Waals surface area contributed by atoms with E-state index in [-0.39, 0.29) is 5.91 Å². The van der Waals surface area contributed by atoms with Crippen molar-refractivity contribution in [3.8, 4) is 0 Å². The highest BCUT2D eigenvalue weighted by Crippen LogP contribution is 2.22. The molecule has 1 aromatic carbocycles. The van der Waals surface area contributed by atoms with E-state index in [1.54, 1.807) is 25.3 Å². The predicted octanol–water partition coefficient (Wildman–Crippen LogP) is 3.15. The molecule has 0 saturated heterocycles. The molecule has 94 valence electrons. The summed E-state index contributed by atoms with van der Waals surface area (Å²) in [5.74, 6) is -0.138. The number of hydrogen-bond acceptors (Lipinski definition) is 2. The average molecular weight is 276 g/mol. The van der Waals surface area contributed by atoms with Gasteiger partial charge in [-0.3, -0.25) is 4.79 Å². The van der Waals surface area contributed by atoms with Gasteiger partial charge in [-0.1, -0.05) is 23.2 Å². The van der Waals surface area contributed by atoms with Gasteiger partial charge in [0.1, 0.15) is 0 Å². The van der Waals surface area contributed by atoms with E-state index in [4.69, 9.17) is 27.9 Å². The molecule has 0 heterocycles. The number of rotatable bonds is 6. The Bertz CT molecular complexity index is 383. The minimum Gasteiger partial charge on any atom is -0.385 e. The second-order valence-corrected chi connectivity index (χ2v) is 4.40. The predicted molar refractivity (Wildman–Crippen MR) is 69.9 cm³/mol. The number of benzene rings is 1. The van der Waals surface area contributed by atoms with Crippen LogP contribution in [-0.4, -0.2) is 26.2 Å². The van der Waals surface area contributed by atoms with Gasteiger partial charge in [-0.15, -0.1) is 0 Å². The SMILES string of the molecule is COCCCCNC(=O)c1ccc(Cl)c(Cl)c1. The van der Waals surface area contributed by atoms with Crippen molar-refractivity contribution in [2.75, 3.05) is 20.3 Å². The van der Waals surface area contributed by atoms with Crippen LogP contribution in [0.15, 0.2) is 18.2 Å². The maximum Gasteiger partial charge on any atom is 0.251 e. The number of ether oxygens (including phenoxy) is 1. The van der Waals surface area contributed by atoms with Crippen LogP contribution in [0.3, 0.4) is 0 Å². The molecule has 17 heavy (non-hydrogen) atoms. The third-order valence-corrected chi connectivity index (χ3v) is 2.98. The van der Waals surface area contributed by atoms with Crippen LogP contribution in [0.5, 0.6) is 0 Å². The second kappa shape index (κ2) is 7.54. The first-order chi connectivity index (χ1) is 8.15. The van der Waals surface area contributed by atoms with Gasteiger partial charge in [0.25, 0.3) is 5.91 Å². The lowest BCUT2D eigenvalue weighted by Crippen LogP contribution is -2.24. The zero-order valence-corrected chi connectivity index (χ0v) is 11.1. The van der Waals surface area contributed by atoms with E-state index in [2.05, 4.69) is 5.32 Å². The molecule has 0 aliphatic carbocycles. The number of amides is 1. The highest BCUT2D eigenvalue weighted by Gasteiger charge is 2.06. The van der Waals surface area contributed by atoms with E-state index < -0.39 is 0 Å². The fraction of sp³-hybridized carbons (Fsp3) is 0.417. The quantitative estimate of drug-likeness (QED) is 0.810. The molecule has 0 radical (unpaired) electrons. The number of nitrogens with one attached hydrogen (secondary N) is 1. The van der Waals surface area contributed by atoms with Crippen molar-refractivity contribution < 1.29 is 9.53 Å². The maximum absolute atomic E-state index is 11.7. The lowest BCUT2D eigenvalue weighted by molar-refractivity contribution is 0.0951. The summed E-state index contributed by atoms with van der Waals surface area (Å²) in [5.41, 5.74) is 0.520. The van der Waals surface area contributed by atoms with Gasteiger partial charge < -0.3 is 10.1 Å². The molecule has 0 bridgehead atoms. The van der Waals surface area contributed by atoms with Crippen molar-refractivity contribution in [1.29, 1.82) is 0 Å². The van der Waals surface area contributed by atoms with Gasteiger partial charge in [-0.05, 0) is 31.0 Å². The lowest BCUT2D eigenvalue weighted by Gasteiger charge is -2.05. The van der Waals surface area contributed by atoms with Crippen molar-refractivity contribution in [2.24, 2.45) is 0 Å². The molecular weight excluding hydrogens is 261 g/mol. The van der Waals surface area contributed by atoms with Crippen molar-refractivity contribution >= 4 is 29.1 Å². The van der Waals surface area contributed by atoms with Crippen molar-refractivity contribution in [1.82, 2.24) is 5.32 Å². The number of carbonyl (C=O) groups excluding carboxylic acids is 1. The lowest BCUT2D eigenvalue weighted by atomic mass is 10.2. The standard InChI is InChI=1S/C12H15Cl2NO2/c1-17-7-3-2-6-15-12(16)9-4-5-10(13)11(14)8-9/h4-5,8H,2-3,6-7H2,1H3,(H,15,16). The molecular formula is C12H15Cl2NO2. The van der Waals surface area contributed by atoms with Crippen LogP contribution < -0.4 is 5.32 Å². The summed E-state index contributed by atoms with van der Waals surface area (Å²) in [7, 11) is 1.66. The van der Waals surface area contributed by atoms with Crippen LogP contribution >= 0.6 is 23.2 Å². The number of methoxy groups -OCH3 is 1.